The number of nitrogens with zero attached hydrogens (tertiary/aromatic N) is 12. The molecule has 414 valence electrons. The number of urea groups is 2. The van der Waals surface area contributed by atoms with Gasteiger partial charge in [0.1, 0.15) is 11.6 Å². The molecule has 5 aliphatic heterocycles. The molecule has 0 unspecified atom stereocenters. The SMILES string of the molecule is Cc1[nH]ncc1B1OC(C)(C)C(C)(C)O1.Cc1cc(-c2ccc3c(n2)N(C(=O)Nc2cc(-c4cn[nH]c4C)ccn2)[C@H]2CCN3C2)ccn1.Cc1cc(-c2ccc3c(n2)N(C(=O)Nc2cc(Br)ccn2)[C@H]2CCN3C2)ccn1.S.S. The molecule has 3 fully saturated rings. The number of halogens is 1. The first kappa shape index (κ1) is 57.3. The number of amides is 4. The van der Waals surface area contributed by atoms with Gasteiger partial charge in [-0.3, -0.25) is 40.6 Å². The van der Waals surface area contributed by atoms with Crippen molar-refractivity contribution in [3.8, 4) is 33.6 Å². The van der Waals surface area contributed by atoms with Crippen LogP contribution < -0.4 is 35.7 Å². The topological polar surface area (TPSA) is 224 Å². The highest BCUT2D eigenvalue weighted by Gasteiger charge is 2.52. The second-order valence-corrected chi connectivity index (χ2v) is 22.0. The zero-order valence-electron chi connectivity index (χ0n) is 45.7. The van der Waals surface area contributed by atoms with Gasteiger partial charge in [0.2, 0.25) is 0 Å². The molecule has 0 saturated carbocycles. The third-order valence-corrected chi connectivity index (χ3v) is 15.7. The fourth-order valence-corrected chi connectivity index (χ4v) is 10.7. The predicted molar refractivity (Wildman–Crippen MR) is 327 cm³/mol. The highest BCUT2D eigenvalue weighted by atomic mass is 79.9. The number of fused-ring (bicyclic) bond motifs is 8. The first-order chi connectivity index (χ1) is 37.5. The summed E-state index contributed by atoms with van der Waals surface area (Å²) in [5, 5.41) is 19.8. The Labute approximate surface area is 487 Å². The van der Waals surface area contributed by atoms with Crippen LogP contribution in [0.5, 0.6) is 0 Å². The molecule has 4 N–H and O–H groups in total. The second-order valence-electron chi connectivity index (χ2n) is 21.1. The van der Waals surface area contributed by atoms with Crippen molar-refractivity contribution in [2.75, 3.05) is 56.4 Å². The van der Waals surface area contributed by atoms with Gasteiger partial charge in [-0.25, -0.2) is 29.5 Å². The second kappa shape index (κ2) is 23.4. The number of rotatable bonds is 6. The smallest absolute Gasteiger partial charge is 0.399 e. The molecular formula is C56H64BBrN16O4S2. The Morgan fingerprint density at radius 1 is 0.613 bits per heavy atom. The first-order valence-electron chi connectivity index (χ1n) is 26.0. The molecule has 20 nitrogen and oxygen atoms in total. The van der Waals surface area contributed by atoms with Crippen LogP contribution in [-0.4, -0.2) is 119 Å². The Balaban J connectivity index is 0.000000153. The maximum absolute atomic E-state index is 13.6. The van der Waals surface area contributed by atoms with Crippen LogP contribution in [0.3, 0.4) is 0 Å². The summed E-state index contributed by atoms with van der Waals surface area (Å²) in [6.45, 7) is 19.5. The van der Waals surface area contributed by atoms with E-state index in [2.05, 4.69) is 88.8 Å². The van der Waals surface area contributed by atoms with E-state index in [1.165, 1.54) is 0 Å². The Kier molecular flexibility index (Phi) is 16.7. The molecule has 0 aliphatic carbocycles. The molecule has 24 heteroatoms. The van der Waals surface area contributed by atoms with Crippen LogP contribution in [0.25, 0.3) is 33.6 Å². The van der Waals surface area contributed by atoms with Crippen LogP contribution in [0.1, 0.15) is 63.3 Å². The Morgan fingerprint density at radius 3 is 1.56 bits per heavy atom. The lowest BCUT2D eigenvalue weighted by Crippen LogP contribution is -2.48. The molecule has 13 heterocycles. The van der Waals surface area contributed by atoms with Crippen LogP contribution in [0, 0.1) is 27.7 Å². The van der Waals surface area contributed by atoms with Gasteiger partial charge in [-0.15, -0.1) is 0 Å². The highest BCUT2D eigenvalue weighted by Crippen LogP contribution is 2.43. The van der Waals surface area contributed by atoms with E-state index in [0.29, 0.717) is 23.3 Å². The number of carbonyl (C=O) groups is 2. The fourth-order valence-electron chi connectivity index (χ4n) is 10.4. The quantitative estimate of drug-likeness (QED) is 0.114. The van der Waals surface area contributed by atoms with Gasteiger partial charge in [-0.1, -0.05) is 15.9 Å². The number of H-pyrrole nitrogens is 2. The summed E-state index contributed by atoms with van der Waals surface area (Å²) in [5.74, 6) is 2.37. The molecule has 80 heavy (non-hydrogen) atoms. The lowest BCUT2D eigenvalue weighted by molar-refractivity contribution is 0.00578. The molecule has 0 aromatic carbocycles. The van der Waals surface area contributed by atoms with Gasteiger partial charge in [0.15, 0.2) is 11.6 Å². The lowest BCUT2D eigenvalue weighted by atomic mass is 9.79. The van der Waals surface area contributed by atoms with E-state index < -0.39 is 0 Å². The third-order valence-electron chi connectivity index (χ3n) is 15.2. The minimum Gasteiger partial charge on any atom is -0.399 e. The molecule has 0 radical (unpaired) electrons. The minimum atomic E-state index is -0.311. The molecule has 4 amide bonds. The van der Waals surface area contributed by atoms with Gasteiger partial charge in [0.25, 0.3) is 0 Å². The molecular weight excluding hydrogens is 1120 g/mol. The van der Waals surface area contributed by atoms with Crippen LogP contribution in [0.2, 0.25) is 0 Å². The van der Waals surface area contributed by atoms with E-state index in [4.69, 9.17) is 19.3 Å². The van der Waals surface area contributed by atoms with Crippen molar-refractivity contribution in [2.24, 2.45) is 0 Å². The van der Waals surface area contributed by atoms with E-state index in [-0.39, 0.29) is 69.5 Å². The molecule has 8 aromatic rings. The summed E-state index contributed by atoms with van der Waals surface area (Å²) in [6, 6.07) is 23.1. The average molecular weight is 1180 g/mol. The number of aryl methyl sites for hydroxylation is 4. The van der Waals surface area contributed by atoms with Crippen molar-refractivity contribution in [3.05, 3.63) is 137 Å². The monoisotopic (exact) mass is 1180 g/mol. The van der Waals surface area contributed by atoms with Crippen LogP contribution >= 0.6 is 42.9 Å². The third kappa shape index (κ3) is 11.6. The summed E-state index contributed by atoms with van der Waals surface area (Å²) < 4.78 is 12.7. The molecule has 4 bridgehead atoms. The van der Waals surface area contributed by atoms with Gasteiger partial charge in [-0.2, -0.15) is 37.2 Å². The number of carbonyl (C=O) groups excluding carboxylic acids is 2. The molecule has 2 atom stereocenters. The number of hydrogen-bond acceptors (Lipinski definition) is 14. The highest BCUT2D eigenvalue weighted by molar-refractivity contribution is 9.10. The summed E-state index contributed by atoms with van der Waals surface area (Å²) >= 11 is 3.42. The van der Waals surface area contributed by atoms with Gasteiger partial charge >= 0.3 is 19.2 Å². The van der Waals surface area contributed by atoms with E-state index in [0.717, 1.165) is 117 Å². The first-order valence-corrected chi connectivity index (χ1v) is 26.8. The van der Waals surface area contributed by atoms with Crippen molar-refractivity contribution >= 4 is 102 Å². The van der Waals surface area contributed by atoms with Crippen molar-refractivity contribution in [1.29, 1.82) is 0 Å². The van der Waals surface area contributed by atoms with Crippen molar-refractivity contribution in [1.82, 2.24) is 50.3 Å². The van der Waals surface area contributed by atoms with Crippen molar-refractivity contribution in [3.63, 3.8) is 0 Å². The van der Waals surface area contributed by atoms with E-state index in [1.807, 2.05) is 110 Å². The molecule has 0 spiro atoms. The largest absolute Gasteiger partial charge is 0.498 e. The number of nitrogens with one attached hydrogen (secondary N) is 4. The van der Waals surface area contributed by atoms with E-state index in [9.17, 15) is 9.59 Å². The Bertz CT molecular complexity index is 3550. The van der Waals surface area contributed by atoms with Crippen molar-refractivity contribution in [2.45, 2.75) is 91.5 Å². The number of aromatic amines is 2. The van der Waals surface area contributed by atoms with Crippen LogP contribution in [0.4, 0.5) is 44.2 Å². The average Bonchev–Trinajstić information content (AvgIpc) is 4.29. The maximum atomic E-state index is 13.6. The summed E-state index contributed by atoms with van der Waals surface area (Å²) in [7, 11) is -0.311. The van der Waals surface area contributed by atoms with Gasteiger partial charge in [0.05, 0.1) is 52.2 Å². The number of hydrogen-bond donors (Lipinski definition) is 4. The minimum absolute atomic E-state index is 0. The summed E-state index contributed by atoms with van der Waals surface area (Å²) in [6.07, 6.45) is 12.3. The van der Waals surface area contributed by atoms with Crippen molar-refractivity contribution < 1.29 is 18.9 Å². The van der Waals surface area contributed by atoms with E-state index >= 15 is 0 Å². The molecule has 5 aliphatic rings. The zero-order valence-corrected chi connectivity index (χ0v) is 49.3. The predicted octanol–water partition coefficient (Wildman–Crippen LogP) is 9.66. The maximum Gasteiger partial charge on any atom is 0.498 e. The normalized spacial score (nSPS) is 17.6. The number of pyridine rings is 6. The summed E-state index contributed by atoms with van der Waals surface area (Å²) in [4.78, 5) is 62.0. The van der Waals surface area contributed by atoms with Gasteiger partial charge < -0.3 is 19.1 Å². The molecule has 8 aromatic heterocycles. The Morgan fingerprint density at radius 2 is 1.09 bits per heavy atom. The Hall–Kier alpha value is -7.38. The molecule has 3 saturated heterocycles. The van der Waals surface area contributed by atoms with E-state index in [1.54, 1.807) is 53.0 Å². The number of anilines is 6. The lowest BCUT2D eigenvalue weighted by Gasteiger charge is -2.35. The van der Waals surface area contributed by atoms with Crippen LogP contribution in [0.15, 0.2) is 114 Å². The fraction of sp³-hybridized carbons (Fsp3) is 0.321. The number of aromatic nitrogens is 10. The standard InChI is InChI=1S/C25H24N8O.C21H19BrN6O.C10H17BN2O2.2H2S/c1-15-11-18(6-8-26-15)21-3-4-22-24(29-21)33(19-7-10-32(22)14-19)25(34)30-23-12-17(5-9-27-23)20-13-28-31-16(20)2;1-13-10-14(4-7-23-13)17-2-3-18-20(25-17)28(16-6-9-27(18)12-16)21(29)26-19-11-15(22)5-8-24-19;1-7-8(6-12-13-7)11-14-9(2,3)10(4,5)15-11;;/h3-6,8-9,11-13,19H,7,10,14H2,1-2H3,(H,28,31)(H,27,30,34);2-5,7-8,10-11,16H,6,9,12H2,1H3,(H,24,26,29);6H,1-5H3,(H,12,13);2*1H2/t19-;16-;;;/m00.../s1. The zero-order chi connectivity index (χ0) is 54.5. The van der Waals surface area contributed by atoms with Gasteiger partial charge in [0, 0.05) is 107 Å². The molecule has 13 rings (SSSR count). The van der Waals surface area contributed by atoms with Crippen LogP contribution in [-0.2, 0) is 9.31 Å². The van der Waals surface area contributed by atoms with Gasteiger partial charge in [-0.05, 0) is 147 Å². The summed E-state index contributed by atoms with van der Waals surface area (Å²) in [5.41, 5.74) is 11.7.